The van der Waals surface area contributed by atoms with Crippen molar-refractivity contribution in [3.63, 3.8) is 0 Å². The second kappa shape index (κ2) is 8.31. The lowest BCUT2D eigenvalue weighted by atomic mass is 9.99. The summed E-state index contributed by atoms with van der Waals surface area (Å²) in [7, 11) is -3.53. The molecule has 1 amide bonds. The number of aliphatic carboxylic acids is 1. The molecule has 0 bridgehead atoms. The number of amides is 1. The molecule has 1 atom stereocenters. The zero-order valence-electron chi connectivity index (χ0n) is 14.8. The molecule has 0 radical (unpaired) electrons. The number of hydrogen-bond donors (Lipinski definition) is 2. The summed E-state index contributed by atoms with van der Waals surface area (Å²) in [5.41, 5.74) is 0.626. The van der Waals surface area contributed by atoms with Crippen molar-refractivity contribution >= 4 is 32.5 Å². The largest absolute Gasteiger partial charge is 0.481 e. The van der Waals surface area contributed by atoms with Crippen LogP contribution in [0.1, 0.15) is 31.9 Å². The van der Waals surface area contributed by atoms with Gasteiger partial charge in [0.15, 0.2) is 9.84 Å². The summed E-state index contributed by atoms with van der Waals surface area (Å²) in [5.74, 6) is -2.57. The fraction of sp³-hybridized carbons (Fsp3) is 0.368. The highest BCUT2D eigenvalue weighted by Gasteiger charge is 2.23. The Morgan fingerprint density at radius 2 is 1.73 bits per heavy atom. The van der Waals surface area contributed by atoms with Crippen LogP contribution < -0.4 is 5.32 Å². The number of hydrogen-bond acceptors (Lipinski definition) is 4. The Bertz CT molecular complexity index is 905. The molecule has 26 heavy (non-hydrogen) atoms. The monoisotopic (exact) mass is 377 g/mol. The van der Waals surface area contributed by atoms with Gasteiger partial charge in [0.25, 0.3) is 0 Å². The first-order valence-electron chi connectivity index (χ1n) is 8.36. The van der Waals surface area contributed by atoms with E-state index in [1.807, 2.05) is 36.4 Å². The number of sulfone groups is 1. The van der Waals surface area contributed by atoms with Gasteiger partial charge in [-0.25, -0.2) is 8.42 Å². The zero-order chi connectivity index (χ0) is 19.3. The van der Waals surface area contributed by atoms with Crippen LogP contribution in [-0.2, 0) is 19.4 Å². The van der Waals surface area contributed by atoms with Gasteiger partial charge in [0.1, 0.15) is 5.75 Å². The molecule has 0 unspecified atom stereocenters. The number of carbonyl (C=O) groups is 2. The third kappa shape index (κ3) is 5.84. The van der Waals surface area contributed by atoms with E-state index in [9.17, 15) is 18.0 Å². The molecule has 7 heteroatoms. The summed E-state index contributed by atoms with van der Waals surface area (Å²) in [6, 6.07) is 12.2. The predicted octanol–water partition coefficient (Wildman–Crippen LogP) is 2.54. The zero-order valence-corrected chi connectivity index (χ0v) is 15.6. The summed E-state index contributed by atoms with van der Waals surface area (Å²) >= 11 is 0. The van der Waals surface area contributed by atoms with Crippen LogP contribution >= 0.6 is 0 Å². The molecular formula is C19H23NO5S. The fourth-order valence-electron chi connectivity index (χ4n) is 2.85. The van der Waals surface area contributed by atoms with Crippen molar-refractivity contribution in [2.75, 3.05) is 11.5 Å². The number of carbonyl (C=O) groups excluding carboxylic acids is 1. The fourth-order valence-corrected chi connectivity index (χ4v) is 4.47. The van der Waals surface area contributed by atoms with Crippen molar-refractivity contribution in [2.24, 2.45) is 5.92 Å². The van der Waals surface area contributed by atoms with E-state index >= 15 is 0 Å². The quantitative estimate of drug-likeness (QED) is 0.736. The molecule has 0 fully saturated rings. The van der Waals surface area contributed by atoms with E-state index in [1.54, 1.807) is 19.9 Å². The maximum absolute atomic E-state index is 12.2. The molecule has 0 spiro atoms. The second-order valence-corrected chi connectivity index (χ2v) is 8.88. The Morgan fingerprint density at radius 3 is 2.35 bits per heavy atom. The van der Waals surface area contributed by atoms with Crippen LogP contribution in [0.25, 0.3) is 10.8 Å². The molecule has 0 saturated heterocycles. The minimum Gasteiger partial charge on any atom is -0.481 e. The molecule has 2 N–H and O–H groups in total. The SMILES string of the molecule is CC(C)CS(=O)(=O)CC(=O)N[C@@H](CC(=O)O)c1ccc2ccccc2c1. The van der Waals surface area contributed by atoms with Crippen LogP contribution in [0.3, 0.4) is 0 Å². The van der Waals surface area contributed by atoms with Crippen molar-refractivity contribution < 1.29 is 23.1 Å². The topological polar surface area (TPSA) is 101 Å². The molecule has 6 nitrogen and oxygen atoms in total. The first-order valence-corrected chi connectivity index (χ1v) is 10.2. The molecule has 0 saturated carbocycles. The van der Waals surface area contributed by atoms with Gasteiger partial charge in [-0.3, -0.25) is 9.59 Å². The summed E-state index contributed by atoms with van der Waals surface area (Å²) in [4.78, 5) is 23.4. The van der Waals surface area contributed by atoms with Crippen LogP contribution in [0.4, 0.5) is 0 Å². The Balaban J connectivity index is 2.21. The molecule has 2 rings (SSSR count). The molecule has 0 aliphatic carbocycles. The lowest BCUT2D eigenvalue weighted by Gasteiger charge is -2.18. The molecule has 140 valence electrons. The summed E-state index contributed by atoms with van der Waals surface area (Å²) < 4.78 is 24.0. The van der Waals surface area contributed by atoms with Crippen molar-refractivity contribution in [3.8, 4) is 0 Å². The molecule has 2 aromatic rings. The van der Waals surface area contributed by atoms with Gasteiger partial charge in [-0.1, -0.05) is 50.2 Å². The number of benzene rings is 2. The van der Waals surface area contributed by atoms with Gasteiger partial charge in [0.2, 0.25) is 5.91 Å². The maximum Gasteiger partial charge on any atom is 0.305 e. The Hall–Kier alpha value is -2.41. The number of rotatable bonds is 8. The Morgan fingerprint density at radius 1 is 1.08 bits per heavy atom. The van der Waals surface area contributed by atoms with E-state index in [-0.39, 0.29) is 18.1 Å². The maximum atomic E-state index is 12.2. The third-order valence-electron chi connectivity index (χ3n) is 3.83. The molecule has 0 aliphatic heterocycles. The third-order valence-corrected chi connectivity index (χ3v) is 5.70. The Kier molecular flexibility index (Phi) is 6.37. The molecule has 0 aromatic heterocycles. The highest BCUT2D eigenvalue weighted by atomic mass is 32.2. The van der Waals surface area contributed by atoms with E-state index in [2.05, 4.69) is 5.32 Å². The van der Waals surface area contributed by atoms with Crippen LogP contribution in [-0.4, -0.2) is 36.9 Å². The Labute approximate surface area is 153 Å². The van der Waals surface area contributed by atoms with Crippen molar-refractivity contribution in [1.82, 2.24) is 5.32 Å². The van der Waals surface area contributed by atoms with Crippen molar-refractivity contribution in [1.29, 1.82) is 0 Å². The normalized spacial score (nSPS) is 12.9. The van der Waals surface area contributed by atoms with Gasteiger partial charge in [-0.15, -0.1) is 0 Å². The predicted molar refractivity (Wildman–Crippen MR) is 101 cm³/mol. The number of carboxylic acid groups (broad SMARTS) is 1. The van der Waals surface area contributed by atoms with Gasteiger partial charge in [0, 0.05) is 0 Å². The van der Waals surface area contributed by atoms with E-state index in [0.29, 0.717) is 5.56 Å². The molecule has 2 aromatic carbocycles. The smallest absolute Gasteiger partial charge is 0.305 e. The average molecular weight is 377 g/mol. The summed E-state index contributed by atoms with van der Waals surface area (Å²) in [6.45, 7) is 3.52. The highest BCUT2D eigenvalue weighted by Crippen LogP contribution is 2.22. The van der Waals surface area contributed by atoms with Gasteiger partial charge < -0.3 is 10.4 Å². The van der Waals surface area contributed by atoms with E-state index in [0.717, 1.165) is 10.8 Å². The average Bonchev–Trinajstić information content (AvgIpc) is 2.51. The standard InChI is InChI=1S/C19H23NO5S/c1-13(2)11-26(24,25)12-18(21)20-17(10-19(22)23)16-8-7-14-5-3-4-6-15(14)9-16/h3-9,13,17H,10-12H2,1-2H3,(H,20,21)(H,22,23)/t17-/m0/s1. The molecule has 0 heterocycles. The summed E-state index contributed by atoms with van der Waals surface area (Å²) in [5, 5.41) is 13.6. The summed E-state index contributed by atoms with van der Waals surface area (Å²) in [6.07, 6.45) is -0.325. The second-order valence-electron chi connectivity index (χ2n) is 6.77. The van der Waals surface area contributed by atoms with Crippen molar-refractivity contribution in [2.45, 2.75) is 26.3 Å². The number of nitrogens with one attached hydrogen (secondary N) is 1. The lowest BCUT2D eigenvalue weighted by Crippen LogP contribution is -2.35. The van der Waals surface area contributed by atoms with Gasteiger partial charge >= 0.3 is 5.97 Å². The van der Waals surface area contributed by atoms with Crippen LogP contribution in [0, 0.1) is 5.92 Å². The van der Waals surface area contributed by atoms with Gasteiger partial charge in [-0.05, 0) is 28.3 Å². The molecule has 0 aliphatic rings. The van der Waals surface area contributed by atoms with E-state index in [4.69, 9.17) is 5.11 Å². The van der Waals surface area contributed by atoms with E-state index < -0.39 is 33.5 Å². The van der Waals surface area contributed by atoms with Crippen molar-refractivity contribution in [3.05, 3.63) is 48.0 Å². The number of carboxylic acids is 1. The first kappa shape index (κ1) is 19.9. The number of fused-ring (bicyclic) bond motifs is 1. The van der Waals surface area contributed by atoms with E-state index in [1.165, 1.54) is 0 Å². The van der Waals surface area contributed by atoms with Crippen LogP contribution in [0.2, 0.25) is 0 Å². The van der Waals surface area contributed by atoms with Crippen LogP contribution in [0.15, 0.2) is 42.5 Å². The minimum absolute atomic E-state index is 0.0805. The minimum atomic E-state index is -3.53. The first-order chi connectivity index (χ1) is 12.2. The molecular weight excluding hydrogens is 354 g/mol. The van der Waals surface area contributed by atoms with Gasteiger partial charge in [0.05, 0.1) is 18.2 Å². The lowest BCUT2D eigenvalue weighted by molar-refractivity contribution is -0.137. The highest BCUT2D eigenvalue weighted by molar-refractivity contribution is 7.92. The van der Waals surface area contributed by atoms with Gasteiger partial charge in [-0.2, -0.15) is 0 Å². The van der Waals surface area contributed by atoms with Crippen LogP contribution in [0.5, 0.6) is 0 Å².